The highest BCUT2D eigenvalue weighted by molar-refractivity contribution is 6.74. The Labute approximate surface area is 194 Å². The zero-order valence-corrected chi connectivity index (χ0v) is 22.3. The van der Waals surface area contributed by atoms with Gasteiger partial charge >= 0.3 is 0 Å². The summed E-state index contributed by atoms with van der Waals surface area (Å²) in [6.07, 6.45) is 9.33. The average molecular weight is 472 g/mol. The molecular formula is C25H40Cl2O2Si. The average Bonchev–Trinajstić information content (AvgIpc) is 2.95. The van der Waals surface area contributed by atoms with Crippen molar-refractivity contribution < 1.29 is 9.22 Å². The predicted molar refractivity (Wildman–Crippen MR) is 129 cm³/mol. The molecule has 30 heavy (non-hydrogen) atoms. The summed E-state index contributed by atoms with van der Waals surface area (Å²) < 4.78 is 7.05. The van der Waals surface area contributed by atoms with Gasteiger partial charge in [-0.2, -0.15) is 0 Å². The molecule has 4 aliphatic carbocycles. The summed E-state index contributed by atoms with van der Waals surface area (Å²) in [6.45, 7) is 14.3. The maximum Gasteiger partial charge on any atom is 0.192 e. The minimum absolute atomic E-state index is 0.118. The Bertz CT molecular complexity index is 753. The number of ketones is 1. The van der Waals surface area contributed by atoms with E-state index in [0.717, 1.165) is 32.1 Å². The predicted octanol–water partition coefficient (Wildman–Crippen LogP) is 7.84. The van der Waals surface area contributed by atoms with Gasteiger partial charge in [-0.3, -0.25) is 4.79 Å². The highest BCUT2D eigenvalue weighted by atomic mass is 35.5. The largest absolute Gasteiger partial charge is 0.413 e. The Morgan fingerprint density at radius 2 is 1.73 bits per heavy atom. The lowest BCUT2D eigenvalue weighted by Gasteiger charge is -2.59. The molecule has 5 heteroatoms. The minimum Gasteiger partial charge on any atom is -0.413 e. The second-order valence-electron chi connectivity index (χ2n) is 12.3. The van der Waals surface area contributed by atoms with Crippen molar-refractivity contribution in [2.45, 2.75) is 115 Å². The first-order chi connectivity index (χ1) is 13.8. The van der Waals surface area contributed by atoms with Gasteiger partial charge < -0.3 is 4.43 Å². The number of rotatable bonds is 3. The first-order valence-electron chi connectivity index (χ1n) is 12.0. The van der Waals surface area contributed by atoms with Crippen molar-refractivity contribution in [1.82, 2.24) is 0 Å². The number of allylic oxidation sites excluding steroid dienone is 2. The number of fused-ring (bicyclic) bond motifs is 4. The molecule has 0 aromatic rings. The number of hydrogen-bond acceptors (Lipinski definition) is 2. The molecule has 0 aliphatic heterocycles. The third-order valence-corrected chi connectivity index (χ3v) is 15.3. The normalized spacial score (nSPS) is 39.8. The van der Waals surface area contributed by atoms with Gasteiger partial charge in [-0.1, -0.05) is 38.8 Å². The molecule has 4 aliphatic rings. The lowest BCUT2D eigenvalue weighted by atomic mass is 9.47. The fraction of sp³-hybridized carbons (Fsp3) is 0.880. The van der Waals surface area contributed by atoms with Crippen molar-refractivity contribution in [3.05, 3.63) is 11.1 Å². The molecule has 2 fully saturated rings. The molecule has 5 atom stereocenters. The van der Waals surface area contributed by atoms with Crippen LogP contribution in [0.2, 0.25) is 18.1 Å². The van der Waals surface area contributed by atoms with Crippen molar-refractivity contribution in [3.63, 3.8) is 0 Å². The molecule has 170 valence electrons. The van der Waals surface area contributed by atoms with Gasteiger partial charge in [-0.05, 0) is 80.3 Å². The van der Waals surface area contributed by atoms with Crippen LogP contribution in [-0.4, -0.2) is 25.0 Å². The summed E-state index contributed by atoms with van der Waals surface area (Å²) in [5, 5.41) is 0.233. The summed E-state index contributed by atoms with van der Waals surface area (Å²) in [4.78, 5) is 11.7. The van der Waals surface area contributed by atoms with Crippen LogP contribution in [-0.2, 0) is 9.22 Å². The Morgan fingerprint density at radius 3 is 2.37 bits per heavy atom. The van der Waals surface area contributed by atoms with Crippen molar-refractivity contribution in [2.75, 3.05) is 0 Å². The van der Waals surface area contributed by atoms with E-state index in [1.807, 2.05) is 0 Å². The van der Waals surface area contributed by atoms with Gasteiger partial charge in [0.2, 0.25) is 0 Å². The quantitative estimate of drug-likeness (QED) is 0.238. The van der Waals surface area contributed by atoms with Crippen LogP contribution in [0.15, 0.2) is 11.1 Å². The second kappa shape index (κ2) is 7.60. The SMILES string of the molecule is CC(C)(C)[Si](C)(C)O[C@H]1CC[C@H]2[C@@H]3CCC4=C(CCC(=O)C4)[C@@]3(C(Cl)Cl)CC[C@]12C. The van der Waals surface area contributed by atoms with Gasteiger partial charge in [0.25, 0.3) is 0 Å². The molecule has 0 radical (unpaired) electrons. The molecule has 0 unspecified atom stereocenters. The van der Waals surface area contributed by atoms with Crippen molar-refractivity contribution in [1.29, 1.82) is 0 Å². The molecule has 4 rings (SSSR count). The molecule has 0 spiro atoms. The zero-order chi connectivity index (χ0) is 22.1. The number of carbonyl (C=O) groups is 1. The van der Waals surface area contributed by atoms with E-state index in [1.165, 1.54) is 24.0 Å². The third-order valence-electron chi connectivity index (χ3n) is 9.99. The van der Waals surface area contributed by atoms with Gasteiger partial charge in [0, 0.05) is 18.3 Å². The van der Waals surface area contributed by atoms with E-state index in [-0.39, 0.29) is 20.7 Å². The van der Waals surface area contributed by atoms with Crippen LogP contribution in [0.1, 0.15) is 85.5 Å². The van der Waals surface area contributed by atoms with Gasteiger partial charge in [-0.25, -0.2) is 0 Å². The first kappa shape index (κ1) is 23.3. The number of hydrogen-bond donors (Lipinski definition) is 0. The summed E-state index contributed by atoms with van der Waals surface area (Å²) >= 11 is 13.7. The molecule has 2 saturated carbocycles. The lowest BCUT2D eigenvalue weighted by molar-refractivity contribution is -0.119. The molecule has 0 amide bonds. The number of halogens is 2. The van der Waals surface area contributed by atoms with Crippen molar-refractivity contribution >= 4 is 37.3 Å². The third kappa shape index (κ3) is 3.40. The maximum atomic E-state index is 12.1. The molecule has 0 aromatic heterocycles. The number of alkyl halides is 2. The van der Waals surface area contributed by atoms with Crippen LogP contribution in [0, 0.1) is 22.7 Å². The Balaban J connectivity index is 1.66. The van der Waals surface area contributed by atoms with Gasteiger partial charge in [0.05, 0.1) is 6.10 Å². The van der Waals surface area contributed by atoms with Gasteiger partial charge in [0.15, 0.2) is 8.32 Å². The monoisotopic (exact) mass is 470 g/mol. The van der Waals surface area contributed by atoms with Crippen LogP contribution in [0.3, 0.4) is 0 Å². The fourth-order valence-electron chi connectivity index (χ4n) is 7.22. The topological polar surface area (TPSA) is 26.3 Å². The fourth-order valence-corrected chi connectivity index (χ4v) is 9.48. The number of carbonyl (C=O) groups excluding carboxylic acids is 1. The maximum absolute atomic E-state index is 12.1. The summed E-state index contributed by atoms with van der Waals surface area (Å²) in [5.41, 5.74) is 2.95. The highest BCUT2D eigenvalue weighted by Crippen LogP contribution is 2.69. The first-order valence-corrected chi connectivity index (χ1v) is 15.8. The Hall–Kier alpha value is 0.167. The van der Waals surface area contributed by atoms with Crippen LogP contribution < -0.4 is 0 Å². The van der Waals surface area contributed by atoms with E-state index in [4.69, 9.17) is 27.6 Å². The van der Waals surface area contributed by atoms with Crippen LogP contribution in [0.25, 0.3) is 0 Å². The van der Waals surface area contributed by atoms with Gasteiger partial charge in [0.1, 0.15) is 10.6 Å². The molecular weight excluding hydrogens is 431 g/mol. The molecule has 0 bridgehead atoms. The van der Waals surface area contributed by atoms with E-state index in [0.29, 0.717) is 36.6 Å². The standard InChI is InChI=1S/C25H40Cl2O2Si/c1-23(2,3)30(5,6)29-21-12-11-19-20-9-7-16-15-17(28)8-10-18(16)25(20,22(26)27)14-13-24(19,21)4/h19-22H,7-15H2,1-6H3/t19-,20-,21-,24-,25-/m0/s1. The minimum atomic E-state index is -1.81. The highest BCUT2D eigenvalue weighted by Gasteiger charge is 2.63. The summed E-state index contributed by atoms with van der Waals surface area (Å²) in [7, 11) is -1.81. The van der Waals surface area contributed by atoms with Gasteiger partial charge in [-0.15, -0.1) is 23.2 Å². The van der Waals surface area contributed by atoms with E-state index < -0.39 is 8.32 Å². The summed E-state index contributed by atoms with van der Waals surface area (Å²) in [5.74, 6) is 1.54. The second-order valence-corrected chi connectivity index (χ2v) is 18.2. The summed E-state index contributed by atoms with van der Waals surface area (Å²) in [6, 6.07) is 0. The molecule has 0 aromatic carbocycles. The zero-order valence-electron chi connectivity index (χ0n) is 19.7. The molecule has 0 N–H and O–H groups in total. The lowest BCUT2D eigenvalue weighted by Crippen LogP contribution is -2.56. The Morgan fingerprint density at radius 1 is 1.03 bits per heavy atom. The van der Waals surface area contributed by atoms with E-state index >= 15 is 0 Å². The Kier molecular flexibility index (Phi) is 5.91. The van der Waals surface area contributed by atoms with Crippen molar-refractivity contribution in [3.8, 4) is 0 Å². The smallest absolute Gasteiger partial charge is 0.192 e. The van der Waals surface area contributed by atoms with Crippen molar-refractivity contribution in [2.24, 2.45) is 22.7 Å². The number of Topliss-reactive ketones (excluding diaryl/α,β-unsaturated/α-hetero) is 1. The van der Waals surface area contributed by atoms with Crippen LogP contribution in [0.4, 0.5) is 0 Å². The van der Waals surface area contributed by atoms with E-state index in [2.05, 4.69) is 40.8 Å². The molecule has 0 heterocycles. The van der Waals surface area contributed by atoms with E-state index in [9.17, 15) is 4.79 Å². The van der Waals surface area contributed by atoms with Crippen LogP contribution in [0.5, 0.6) is 0 Å². The molecule has 0 saturated heterocycles. The van der Waals surface area contributed by atoms with Crippen LogP contribution >= 0.6 is 23.2 Å². The van der Waals surface area contributed by atoms with E-state index in [1.54, 1.807) is 0 Å². The molecule has 2 nitrogen and oxygen atoms in total.